The third kappa shape index (κ3) is 14.0. The third-order valence-corrected chi connectivity index (χ3v) is 16.4. The Labute approximate surface area is 381 Å². The number of unbranched alkanes of at least 4 members (excludes halogenated alkanes) is 26. The number of nitrogens with zero attached hydrogens (tertiary/aromatic N) is 2. The highest BCUT2D eigenvalue weighted by molar-refractivity contribution is 7.18. The van der Waals surface area contributed by atoms with Crippen LogP contribution in [0.1, 0.15) is 246 Å². The fourth-order valence-corrected chi connectivity index (χ4v) is 11.5. The monoisotopic (exact) mass is 849 g/mol. The summed E-state index contributed by atoms with van der Waals surface area (Å²) in [7, 11) is 0. The van der Waals surface area contributed by atoms with Gasteiger partial charge in [0.15, 0.2) is 11.4 Å². The van der Waals surface area contributed by atoms with Crippen LogP contribution < -0.4 is 0 Å². The van der Waals surface area contributed by atoms with E-state index in [1.807, 2.05) is 11.3 Å². The Morgan fingerprint density at radius 2 is 0.656 bits per heavy atom. The molecule has 0 saturated heterocycles. The van der Waals surface area contributed by atoms with Gasteiger partial charge in [-0.3, -0.25) is 0 Å². The molecule has 0 atom stereocenters. The smallest absolute Gasteiger partial charge is 0.199 e. The van der Waals surface area contributed by atoms with Gasteiger partial charge in [-0.2, -0.15) is 9.15 Å². The Balaban J connectivity index is 1.10. The molecule has 0 amide bonds. The maximum absolute atomic E-state index is 2.67. The van der Waals surface area contributed by atoms with Crippen LogP contribution in [-0.4, -0.2) is 33.7 Å². The van der Waals surface area contributed by atoms with E-state index in [-0.39, 0.29) is 10.8 Å². The Bertz CT molecular complexity index is 1690. The SMILES string of the molecule is CCCCCCCCCCCCCCCC[N+]1=C(C)C(C)(C)c2ccc(-c3ccc(-c4ccc5c(c4)[N+](CCCCCCCCCCCCCCCC)=C(C)C5(C)C)s3)cc21. The van der Waals surface area contributed by atoms with Gasteiger partial charge in [-0.1, -0.05) is 192 Å². The standard InChI is InChI=1S/C58H92N2S/c1-9-11-13-15-17-19-21-23-25-27-29-31-33-35-43-59-47(3)57(5,6)51-39-37-49(45-53(51)59)55-41-42-56(61-55)50-38-40-52-54(46-50)60(48(4)58(52,7)8)44-36-34-32-30-28-26-24-22-20-18-16-14-12-10-2/h37-42,45-46H,9-36,43-44H2,1-8H3/q+2. The molecule has 2 aromatic carbocycles. The molecular weight excluding hydrogens is 757 g/mol. The lowest BCUT2D eigenvalue weighted by atomic mass is 9.82. The molecule has 0 N–H and O–H groups in total. The molecule has 2 nitrogen and oxygen atoms in total. The molecule has 2 aliphatic rings. The largest absolute Gasteiger partial charge is 0.210 e. The van der Waals surface area contributed by atoms with Gasteiger partial charge in [0, 0.05) is 59.7 Å². The summed E-state index contributed by atoms with van der Waals surface area (Å²) in [5, 5.41) is 0. The van der Waals surface area contributed by atoms with Gasteiger partial charge in [0.05, 0.1) is 10.8 Å². The van der Waals surface area contributed by atoms with Crippen molar-refractivity contribution in [2.45, 2.75) is 246 Å². The zero-order valence-electron chi connectivity index (χ0n) is 41.1. The van der Waals surface area contributed by atoms with Gasteiger partial charge in [-0.15, -0.1) is 11.3 Å². The van der Waals surface area contributed by atoms with Crippen molar-refractivity contribution >= 4 is 34.1 Å². The first-order valence-electron chi connectivity index (χ1n) is 26.2. The van der Waals surface area contributed by atoms with E-state index in [4.69, 9.17) is 0 Å². The lowest BCUT2D eigenvalue weighted by molar-refractivity contribution is -0.439. The Hall–Kier alpha value is -2.52. The van der Waals surface area contributed by atoms with E-state index < -0.39 is 0 Å². The molecule has 0 unspecified atom stereocenters. The maximum Gasteiger partial charge on any atom is 0.210 e. The van der Waals surface area contributed by atoms with Crippen molar-refractivity contribution in [3.8, 4) is 20.9 Å². The zero-order valence-corrected chi connectivity index (χ0v) is 42.0. The molecule has 1 aromatic heterocycles. The first-order valence-corrected chi connectivity index (χ1v) is 27.1. The van der Waals surface area contributed by atoms with Crippen molar-refractivity contribution in [2.75, 3.05) is 13.1 Å². The number of rotatable bonds is 32. The van der Waals surface area contributed by atoms with Gasteiger partial charge in [0.2, 0.25) is 11.4 Å². The maximum atomic E-state index is 2.67. The van der Waals surface area contributed by atoms with E-state index in [1.54, 1.807) is 0 Å². The Morgan fingerprint density at radius 1 is 0.377 bits per heavy atom. The van der Waals surface area contributed by atoms with Gasteiger partial charge in [-0.25, -0.2) is 0 Å². The molecule has 0 spiro atoms. The van der Waals surface area contributed by atoms with E-state index >= 15 is 0 Å². The van der Waals surface area contributed by atoms with Gasteiger partial charge in [0.1, 0.15) is 13.1 Å². The van der Waals surface area contributed by atoms with Gasteiger partial charge < -0.3 is 0 Å². The summed E-state index contributed by atoms with van der Waals surface area (Å²) in [4.78, 5) is 2.75. The second-order valence-corrected chi connectivity index (χ2v) is 21.6. The summed E-state index contributed by atoms with van der Waals surface area (Å²) in [6.45, 7) is 21.3. The average molecular weight is 849 g/mol. The predicted molar refractivity (Wildman–Crippen MR) is 273 cm³/mol. The topological polar surface area (TPSA) is 6.02 Å². The molecular formula is C58H92N2S+2. The fourth-order valence-electron chi connectivity index (χ4n) is 10.5. The van der Waals surface area contributed by atoms with Crippen LogP contribution in [0, 0.1) is 0 Å². The van der Waals surface area contributed by atoms with Crippen LogP contribution in [0.2, 0.25) is 0 Å². The summed E-state index contributed by atoms with van der Waals surface area (Å²) in [5.41, 5.74) is 11.7. The van der Waals surface area contributed by atoms with Crippen LogP contribution in [0.5, 0.6) is 0 Å². The quantitative estimate of drug-likeness (QED) is 0.0436. The first-order chi connectivity index (χ1) is 29.6. The van der Waals surface area contributed by atoms with Crippen LogP contribution in [-0.2, 0) is 10.8 Å². The minimum atomic E-state index is 0.0797. The molecule has 5 rings (SSSR count). The first kappa shape index (κ1) is 49.5. The van der Waals surface area contributed by atoms with E-state index in [0.29, 0.717) is 0 Å². The molecule has 3 heterocycles. The van der Waals surface area contributed by atoms with E-state index in [2.05, 4.69) is 113 Å². The minimum Gasteiger partial charge on any atom is -0.199 e. The minimum absolute atomic E-state index is 0.0797. The number of fused-ring (bicyclic) bond motifs is 2. The molecule has 0 bridgehead atoms. The number of hydrogen-bond acceptors (Lipinski definition) is 1. The lowest BCUT2D eigenvalue weighted by Gasteiger charge is -2.15. The second kappa shape index (κ2) is 25.7. The molecule has 0 aliphatic carbocycles. The molecule has 3 heteroatoms. The van der Waals surface area contributed by atoms with Crippen LogP contribution >= 0.6 is 11.3 Å². The van der Waals surface area contributed by atoms with Crippen LogP contribution in [0.3, 0.4) is 0 Å². The highest BCUT2D eigenvalue weighted by Gasteiger charge is 2.44. The molecule has 0 radical (unpaired) electrons. The molecule has 338 valence electrons. The molecule has 3 aromatic rings. The normalized spacial score (nSPS) is 15.3. The van der Waals surface area contributed by atoms with Crippen LogP contribution in [0.4, 0.5) is 11.4 Å². The van der Waals surface area contributed by atoms with Gasteiger partial charge >= 0.3 is 0 Å². The number of hydrogen-bond donors (Lipinski definition) is 0. The van der Waals surface area contributed by atoms with E-state index in [1.165, 1.54) is 235 Å². The van der Waals surface area contributed by atoms with E-state index in [0.717, 1.165) is 13.1 Å². The highest BCUT2D eigenvalue weighted by Crippen LogP contribution is 2.46. The summed E-state index contributed by atoms with van der Waals surface area (Å²) in [6, 6.07) is 19.4. The zero-order chi connectivity index (χ0) is 43.5. The van der Waals surface area contributed by atoms with Crippen molar-refractivity contribution < 1.29 is 9.15 Å². The van der Waals surface area contributed by atoms with Gasteiger partial charge in [0.25, 0.3) is 0 Å². The summed E-state index contributed by atoms with van der Waals surface area (Å²) < 4.78 is 5.34. The van der Waals surface area contributed by atoms with E-state index in [9.17, 15) is 0 Å². The summed E-state index contributed by atoms with van der Waals surface area (Å²) in [6.07, 6.45) is 39.5. The van der Waals surface area contributed by atoms with Gasteiger partial charge in [-0.05, 0) is 63.8 Å². The van der Waals surface area contributed by atoms with Crippen molar-refractivity contribution in [3.05, 3.63) is 59.7 Å². The second-order valence-electron chi connectivity index (χ2n) is 20.5. The fraction of sp³-hybridized carbons (Fsp3) is 0.690. The molecule has 2 aliphatic heterocycles. The molecule has 0 saturated carbocycles. The van der Waals surface area contributed by atoms with Crippen molar-refractivity contribution in [3.63, 3.8) is 0 Å². The van der Waals surface area contributed by atoms with Crippen molar-refractivity contribution in [1.82, 2.24) is 0 Å². The lowest BCUT2D eigenvalue weighted by Crippen LogP contribution is -2.26. The average Bonchev–Trinajstić information content (AvgIpc) is 3.88. The third-order valence-electron chi connectivity index (χ3n) is 15.2. The molecule has 61 heavy (non-hydrogen) atoms. The number of benzene rings is 2. The summed E-state index contributed by atoms with van der Waals surface area (Å²) >= 11 is 1.96. The number of thiophene rings is 1. The highest BCUT2D eigenvalue weighted by atomic mass is 32.1. The van der Waals surface area contributed by atoms with Crippen LogP contribution in [0.15, 0.2) is 48.5 Å². The Kier molecular flexibility index (Phi) is 20.8. The molecule has 0 fully saturated rings. The predicted octanol–water partition coefficient (Wildman–Crippen LogP) is 18.8. The Morgan fingerprint density at radius 3 is 0.951 bits per heavy atom. The summed E-state index contributed by atoms with van der Waals surface area (Å²) in [5.74, 6) is 0. The van der Waals surface area contributed by atoms with Crippen molar-refractivity contribution in [2.24, 2.45) is 0 Å². The van der Waals surface area contributed by atoms with Crippen molar-refractivity contribution in [1.29, 1.82) is 0 Å². The van der Waals surface area contributed by atoms with Crippen LogP contribution in [0.25, 0.3) is 20.9 Å².